The van der Waals surface area contributed by atoms with Crippen LogP contribution < -0.4 is 10.5 Å². The van der Waals surface area contributed by atoms with Crippen molar-refractivity contribution in [2.45, 2.75) is 31.7 Å². The molecule has 3 heteroatoms. The van der Waals surface area contributed by atoms with E-state index in [1.165, 1.54) is 12.8 Å². The van der Waals surface area contributed by atoms with Gasteiger partial charge in [0.2, 0.25) is 0 Å². The highest BCUT2D eigenvalue weighted by molar-refractivity contribution is 9.10. The second-order valence-corrected chi connectivity index (χ2v) is 5.46. The maximum atomic E-state index is 5.88. The van der Waals surface area contributed by atoms with E-state index in [1.54, 1.807) is 0 Å². The normalized spacial score (nSPS) is 25.4. The summed E-state index contributed by atoms with van der Waals surface area (Å²) in [6, 6.07) is 8.43. The first kappa shape index (κ1) is 11.9. The number of halogens is 1. The molecule has 1 aromatic carbocycles. The van der Waals surface area contributed by atoms with Crippen molar-refractivity contribution in [3.05, 3.63) is 28.7 Å². The van der Waals surface area contributed by atoms with Gasteiger partial charge in [-0.05, 0) is 49.8 Å². The average molecular weight is 284 g/mol. The van der Waals surface area contributed by atoms with Crippen LogP contribution in [0.1, 0.15) is 25.7 Å². The molecule has 1 saturated carbocycles. The number of hydrogen-bond donors (Lipinski definition) is 1. The van der Waals surface area contributed by atoms with Crippen LogP contribution in [0.5, 0.6) is 5.75 Å². The second-order valence-electron chi connectivity index (χ2n) is 4.55. The summed E-state index contributed by atoms with van der Waals surface area (Å²) < 4.78 is 6.86. The Morgan fingerprint density at radius 1 is 1.25 bits per heavy atom. The Kier molecular flexibility index (Phi) is 4.24. The standard InChI is InChI=1S/C13H18BrNO/c14-11-2-1-3-13(8-11)16-9-10-4-6-12(15)7-5-10/h1-3,8,10,12H,4-7,9,15H2. The molecule has 88 valence electrons. The van der Waals surface area contributed by atoms with Crippen LogP contribution in [0.4, 0.5) is 0 Å². The molecule has 0 heterocycles. The minimum atomic E-state index is 0.419. The molecular weight excluding hydrogens is 266 g/mol. The third-order valence-corrected chi connectivity index (χ3v) is 3.67. The zero-order valence-corrected chi connectivity index (χ0v) is 10.9. The summed E-state index contributed by atoms with van der Waals surface area (Å²) in [7, 11) is 0. The van der Waals surface area contributed by atoms with Crippen LogP contribution >= 0.6 is 15.9 Å². The molecule has 16 heavy (non-hydrogen) atoms. The van der Waals surface area contributed by atoms with Crippen LogP contribution in [0.15, 0.2) is 28.7 Å². The number of hydrogen-bond acceptors (Lipinski definition) is 2. The Morgan fingerprint density at radius 3 is 2.69 bits per heavy atom. The summed E-state index contributed by atoms with van der Waals surface area (Å²) in [5.74, 6) is 1.63. The average Bonchev–Trinajstić information content (AvgIpc) is 2.28. The Labute approximate surface area is 105 Å². The monoisotopic (exact) mass is 283 g/mol. The summed E-state index contributed by atoms with van der Waals surface area (Å²) in [6.45, 7) is 0.823. The van der Waals surface area contributed by atoms with E-state index in [1.807, 2.05) is 24.3 Å². The quantitative estimate of drug-likeness (QED) is 0.923. The molecule has 2 rings (SSSR count). The van der Waals surface area contributed by atoms with Crippen LogP contribution in [0.3, 0.4) is 0 Å². The van der Waals surface area contributed by atoms with E-state index in [9.17, 15) is 0 Å². The van der Waals surface area contributed by atoms with Crippen LogP contribution in [-0.2, 0) is 0 Å². The molecule has 1 aliphatic rings. The van der Waals surface area contributed by atoms with E-state index in [0.717, 1.165) is 29.7 Å². The van der Waals surface area contributed by atoms with E-state index in [-0.39, 0.29) is 0 Å². The Morgan fingerprint density at radius 2 is 2.00 bits per heavy atom. The maximum absolute atomic E-state index is 5.88. The molecule has 1 fully saturated rings. The van der Waals surface area contributed by atoms with Crippen molar-refractivity contribution >= 4 is 15.9 Å². The summed E-state index contributed by atoms with van der Waals surface area (Å²) in [5, 5.41) is 0. The molecule has 0 aliphatic heterocycles. The van der Waals surface area contributed by atoms with Gasteiger partial charge >= 0.3 is 0 Å². The summed E-state index contributed by atoms with van der Waals surface area (Å²) in [6.07, 6.45) is 4.70. The highest BCUT2D eigenvalue weighted by Gasteiger charge is 2.18. The van der Waals surface area contributed by atoms with Crippen molar-refractivity contribution < 1.29 is 4.74 Å². The Bertz CT molecular complexity index is 334. The molecule has 2 N–H and O–H groups in total. The molecule has 0 aromatic heterocycles. The summed E-state index contributed by atoms with van der Waals surface area (Å²) in [4.78, 5) is 0. The van der Waals surface area contributed by atoms with Crippen LogP contribution in [0.2, 0.25) is 0 Å². The van der Waals surface area contributed by atoms with Gasteiger partial charge in [0.05, 0.1) is 6.61 Å². The molecule has 1 aromatic rings. The smallest absolute Gasteiger partial charge is 0.120 e. The largest absolute Gasteiger partial charge is 0.493 e. The first-order chi connectivity index (χ1) is 7.74. The number of rotatable bonds is 3. The van der Waals surface area contributed by atoms with Gasteiger partial charge in [-0.25, -0.2) is 0 Å². The molecule has 0 radical (unpaired) electrons. The fraction of sp³-hybridized carbons (Fsp3) is 0.538. The lowest BCUT2D eigenvalue weighted by Gasteiger charge is -2.25. The van der Waals surface area contributed by atoms with E-state index in [4.69, 9.17) is 10.5 Å². The fourth-order valence-electron chi connectivity index (χ4n) is 2.13. The molecule has 2 nitrogen and oxygen atoms in total. The van der Waals surface area contributed by atoms with E-state index >= 15 is 0 Å². The summed E-state index contributed by atoms with van der Waals surface area (Å²) >= 11 is 3.44. The van der Waals surface area contributed by atoms with Gasteiger partial charge in [-0.15, -0.1) is 0 Å². The van der Waals surface area contributed by atoms with Gasteiger partial charge in [-0.2, -0.15) is 0 Å². The maximum Gasteiger partial charge on any atom is 0.120 e. The van der Waals surface area contributed by atoms with Crippen molar-refractivity contribution in [3.63, 3.8) is 0 Å². The third-order valence-electron chi connectivity index (χ3n) is 3.17. The third kappa shape index (κ3) is 3.49. The second kappa shape index (κ2) is 5.69. The molecule has 0 unspecified atom stereocenters. The highest BCUT2D eigenvalue weighted by atomic mass is 79.9. The topological polar surface area (TPSA) is 35.2 Å². The predicted octanol–water partition coefficient (Wildman–Crippen LogP) is 3.35. The van der Waals surface area contributed by atoms with Gasteiger partial charge in [0.25, 0.3) is 0 Å². The van der Waals surface area contributed by atoms with Crippen molar-refractivity contribution in [1.29, 1.82) is 0 Å². The number of nitrogens with two attached hydrogens (primary N) is 1. The molecule has 1 aliphatic carbocycles. The molecule has 0 spiro atoms. The Hall–Kier alpha value is -0.540. The minimum absolute atomic E-state index is 0.419. The van der Waals surface area contributed by atoms with Gasteiger partial charge in [-0.3, -0.25) is 0 Å². The van der Waals surface area contributed by atoms with Crippen molar-refractivity contribution in [2.75, 3.05) is 6.61 Å². The highest BCUT2D eigenvalue weighted by Crippen LogP contribution is 2.25. The molecule has 0 atom stereocenters. The zero-order chi connectivity index (χ0) is 11.4. The van der Waals surface area contributed by atoms with E-state index in [2.05, 4.69) is 15.9 Å². The van der Waals surface area contributed by atoms with E-state index < -0.39 is 0 Å². The summed E-state index contributed by atoms with van der Waals surface area (Å²) in [5.41, 5.74) is 5.88. The minimum Gasteiger partial charge on any atom is -0.493 e. The van der Waals surface area contributed by atoms with Crippen molar-refractivity contribution in [2.24, 2.45) is 11.7 Å². The molecule has 0 bridgehead atoms. The van der Waals surface area contributed by atoms with Crippen molar-refractivity contribution in [1.82, 2.24) is 0 Å². The fourth-order valence-corrected chi connectivity index (χ4v) is 2.50. The van der Waals surface area contributed by atoms with Gasteiger partial charge in [0.1, 0.15) is 5.75 Å². The zero-order valence-electron chi connectivity index (χ0n) is 9.36. The number of benzene rings is 1. The van der Waals surface area contributed by atoms with Gasteiger partial charge in [0.15, 0.2) is 0 Å². The first-order valence-electron chi connectivity index (χ1n) is 5.88. The SMILES string of the molecule is NC1CCC(COc2cccc(Br)c2)CC1. The van der Waals surface area contributed by atoms with Crippen LogP contribution in [0.25, 0.3) is 0 Å². The molecule has 0 amide bonds. The lowest BCUT2D eigenvalue weighted by atomic mass is 9.87. The first-order valence-corrected chi connectivity index (χ1v) is 6.67. The van der Waals surface area contributed by atoms with Gasteiger partial charge in [-0.1, -0.05) is 22.0 Å². The Balaban J connectivity index is 1.79. The van der Waals surface area contributed by atoms with Crippen LogP contribution in [-0.4, -0.2) is 12.6 Å². The van der Waals surface area contributed by atoms with Crippen LogP contribution in [0, 0.1) is 5.92 Å². The molecular formula is C13H18BrNO. The molecule has 0 saturated heterocycles. The predicted molar refractivity (Wildman–Crippen MR) is 69.6 cm³/mol. The van der Waals surface area contributed by atoms with E-state index in [0.29, 0.717) is 12.0 Å². The lowest BCUT2D eigenvalue weighted by Crippen LogP contribution is -2.28. The number of ether oxygens (including phenoxy) is 1. The van der Waals surface area contributed by atoms with Gasteiger partial charge in [0, 0.05) is 10.5 Å². The van der Waals surface area contributed by atoms with Gasteiger partial charge < -0.3 is 10.5 Å². The van der Waals surface area contributed by atoms with Crippen molar-refractivity contribution in [3.8, 4) is 5.75 Å². The lowest BCUT2D eigenvalue weighted by molar-refractivity contribution is 0.200.